The van der Waals surface area contributed by atoms with Gasteiger partial charge in [0.1, 0.15) is 11.8 Å². The zero-order chi connectivity index (χ0) is 18.4. The van der Waals surface area contributed by atoms with Crippen LogP contribution in [0.15, 0.2) is 36.4 Å². The summed E-state index contributed by atoms with van der Waals surface area (Å²) in [5.74, 6) is 1.20. The van der Waals surface area contributed by atoms with Gasteiger partial charge in [-0.2, -0.15) is 5.26 Å². The number of nitro benzene ring substituents is 1. The molecule has 128 valence electrons. The van der Waals surface area contributed by atoms with Gasteiger partial charge >= 0.3 is 0 Å². The number of hydrogen-bond acceptors (Lipinski definition) is 6. The highest BCUT2D eigenvalue weighted by Gasteiger charge is 2.22. The predicted octanol–water partition coefficient (Wildman–Crippen LogP) is 3.68. The van der Waals surface area contributed by atoms with E-state index in [1.165, 1.54) is 26.4 Å². The average Bonchev–Trinajstić information content (AvgIpc) is 2.65. The molecule has 0 unspecified atom stereocenters. The van der Waals surface area contributed by atoms with Crippen LogP contribution in [0.2, 0.25) is 0 Å². The second kappa shape index (κ2) is 7.84. The van der Waals surface area contributed by atoms with Crippen molar-refractivity contribution in [3.8, 4) is 23.3 Å². The SMILES string of the molecule is COc1ccc(C=C(C#N)c2cc(OC)c(OC)cc2[N+](=O)[O-])cc1. The third-order valence-corrected chi connectivity index (χ3v) is 3.54. The minimum atomic E-state index is -0.559. The quantitative estimate of drug-likeness (QED) is 0.344. The fourth-order valence-corrected chi connectivity index (χ4v) is 2.27. The van der Waals surface area contributed by atoms with Crippen LogP contribution in [-0.2, 0) is 0 Å². The van der Waals surface area contributed by atoms with Crippen LogP contribution in [0.3, 0.4) is 0 Å². The van der Waals surface area contributed by atoms with Gasteiger partial charge in [-0.1, -0.05) is 12.1 Å². The maximum atomic E-state index is 11.4. The Morgan fingerprint density at radius 3 is 2.16 bits per heavy atom. The predicted molar refractivity (Wildman–Crippen MR) is 92.7 cm³/mol. The van der Waals surface area contributed by atoms with E-state index in [-0.39, 0.29) is 22.6 Å². The molecule has 0 radical (unpaired) electrons. The molecule has 0 atom stereocenters. The second-order valence-electron chi connectivity index (χ2n) is 4.92. The molecule has 0 aliphatic carbocycles. The molecule has 0 aromatic heterocycles. The fraction of sp³-hybridized carbons (Fsp3) is 0.167. The molecule has 7 nitrogen and oxygen atoms in total. The number of nitriles is 1. The lowest BCUT2D eigenvalue weighted by molar-refractivity contribution is -0.385. The molecule has 0 aliphatic rings. The zero-order valence-corrected chi connectivity index (χ0v) is 14.0. The molecule has 2 aromatic carbocycles. The number of hydrogen-bond donors (Lipinski definition) is 0. The van der Waals surface area contributed by atoms with Crippen molar-refractivity contribution in [2.24, 2.45) is 0 Å². The van der Waals surface area contributed by atoms with Crippen LogP contribution in [0.25, 0.3) is 11.6 Å². The summed E-state index contributed by atoms with van der Waals surface area (Å²) in [5.41, 5.74) is 0.763. The van der Waals surface area contributed by atoms with E-state index >= 15 is 0 Å². The smallest absolute Gasteiger partial charge is 0.281 e. The van der Waals surface area contributed by atoms with Gasteiger partial charge in [0.15, 0.2) is 11.5 Å². The maximum Gasteiger partial charge on any atom is 0.281 e. The van der Waals surface area contributed by atoms with Gasteiger partial charge in [0.25, 0.3) is 5.69 Å². The Morgan fingerprint density at radius 1 is 1.08 bits per heavy atom. The number of methoxy groups -OCH3 is 3. The molecule has 0 amide bonds. The summed E-state index contributed by atoms with van der Waals surface area (Å²) in [4.78, 5) is 10.8. The number of allylic oxidation sites excluding steroid dienone is 1. The molecule has 7 heteroatoms. The lowest BCUT2D eigenvalue weighted by Crippen LogP contribution is -1.98. The summed E-state index contributed by atoms with van der Waals surface area (Å²) in [7, 11) is 4.37. The van der Waals surface area contributed by atoms with E-state index in [0.717, 1.165) is 0 Å². The van der Waals surface area contributed by atoms with Crippen LogP contribution < -0.4 is 14.2 Å². The number of nitrogens with zero attached hydrogens (tertiary/aromatic N) is 2. The van der Waals surface area contributed by atoms with Crippen molar-refractivity contribution in [2.45, 2.75) is 0 Å². The highest BCUT2D eigenvalue weighted by atomic mass is 16.6. The first-order valence-corrected chi connectivity index (χ1v) is 7.20. The number of ether oxygens (including phenoxy) is 3. The van der Waals surface area contributed by atoms with Crippen molar-refractivity contribution in [1.29, 1.82) is 5.26 Å². The molecule has 0 N–H and O–H groups in total. The Bertz CT molecular complexity index is 851. The summed E-state index contributed by atoms with van der Waals surface area (Å²) in [6, 6.07) is 11.7. The summed E-state index contributed by atoms with van der Waals surface area (Å²) < 4.78 is 15.4. The topological polar surface area (TPSA) is 94.6 Å². The Balaban J connectivity index is 2.60. The molecule has 0 saturated heterocycles. The van der Waals surface area contributed by atoms with E-state index in [9.17, 15) is 15.4 Å². The van der Waals surface area contributed by atoms with Gasteiger partial charge in [0.05, 0.1) is 43.5 Å². The molecule has 2 rings (SSSR count). The van der Waals surface area contributed by atoms with E-state index < -0.39 is 4.92 Å². The Morgan fingerprint density at radius 2 is 1.68 bits per heavy atom. The minimum Gasteiger partial charge on any atom is -0.497 e. The molecule has 0 aliphatic heterocycles. The number of nitro groups is 1. The first-order chi connectivity index (χ1) is 12.0. The largest absolute Gasteiger partial charge is 0.497 e. The molecule has 0 spiro atoms. The second-order valence-corrected chi connectivity index (χ2v) is 4.92. The number of benzene rings is 2. The standard InChI is InChI=1S/C18H16N2O5/c1-23-14-6-4-12(5-7-14)8-13(11-19)15-9-17(24-2)18(25-3)10-16(15)20(21)22/h4-10H,1-3H3. The van der Waals surface area contributed by atoms with Gasteiger partial charge in [0, 0.05) is 0 Å². The Hall–Kier alpha value is -3.53. The summed E-state index contributed by atoms with van der Waals surface area (Å²) >= 11 is 0. The van der Waals surface area contributed by atoms with Crippen LogP contribution in [-0.4, -0.2) is 26.3 Å². The Labute approximate surface area is 144 Å². The van der Waals surface area contributed by atoms with Crippen LogP contribution in [0.5, 0.6) is 17.2 Å². The van der Waals surface area contributed by atoms with Gasteiger partial charge < -0.3 is 14.2 Å². The molecule has 0 heterocycles. The lowest BCUT2D eigenvalue weighted by atomic mass is 10.0. The van der Waals surface area contributed by atoms with E-state index in [2.05, 4.69) is 0 Å². The van der Waals surface area contributed by atoms with Crippen molar-refractivity contribution < 1.29 is 19.1 Å². The molecular weight excluding hydrogens is 324 g/mol. The molecular formula is C18H16N2O5. The monoisotopic (exact) mass is 340 g/mol. The van der Waals surface area contributed by atoms with Crippen LogP contribution in [0.1, 0.15) is 11.1 Å². The molecule has 2 aromatic rings. The average molecular weight is 340 g/mol. The first kappa shape index (κ1) is 17.8. The van der Waals surface area contributed by atoms with Crippen LogP contribution >= 0.6 is 0 Å². The van der Waals surface area contributed by atoms with Gasteiger partial charge in [-0.05, 0) is 29.8 Å². The fourth-order valence-electron chi connectivity index (χ4n) is 2.27. The minimum absolute atomic E-state index is 0.137. The normalized spacial score (nSPS) is 10.7. The zero-order valence-electron chi connectivity index (χ0n) is 14.0. The third-order valence-electron chi connectivity index (χ3n) is 3.54. The number of rotatable bonds is 6. The first-order valence-electron chi connectivity index (χ1n) is 7.20. The lowest BCUT2D eigenvalue weighted by Gasteiger charge is -2.10. The van der Waals surface area contributed by atoms with Gasteiger partial charge in [0.2, 0.25) is 0 Å². The van der Waals surface area contributed by atoms with Crippen LogP contribution in [0.4, 0.5) is 5.69 Å². The van der Waals surface area contributed by atoms with Crippen molar-refractivity contribution in [3.05, 3.63) is 57.6 Å². The molecule has 0 fully saturated rings. The van der Waals surface area contributed by atoms with Crippen molar-refractivity contribution in [1.82, 2.24) is 0 Å². The van der Waals surface area contributed by atoms with Crippen molar-refractivity contribution in [2.75, 3.05) is 21.3 Å². The van der Waals surface area contributed by atoms with Gasteiger partial charge in [-0.3, -0.25) is 10.1 Å². The summed E-state index contributed by atoms with van der Waals surface area (Å²) in [6.45, 7) is 0. The van der Waals surface area contributed by atoms with E-state index in [4.69, 9.17) is 14.2 Å². The van der Waals surface area contributed by atoms with Gasteiger partial charge in [-0.25, -0.2) is 0 Å². The summed E-state index contributed by atoms with van der Waals surface area (Å²) in [5, 5.41) is 20.9. The van der Waals surface area contributed by atoms with Crippen molar-refractivity contribution >= 4 is 17.3 Å². The maximum absolute atomic E-state index is 11.4. The highest BCUT2D eigenvalue weighted by Crippen LogP contribution is 2.38. The highest BCUT2D eigenvalue weighted by molar-refractivity contribution is 5.93. The molecule has 25 heavy (non-hydrogen) atoms. The Kier molecular flexibility index (Phi) is 5.58. The molecule has 0 bridgehead atoms. The van der Waals surface area contributed by atoms with Crippen LogP contribution in [0, 0.1) is 21.4 Å². The van der Waals surface area contributed by atoms with E-state index in [0.29, 0.717) is 17.1 Å². The molecule has 0 saturated carbocycles. The van der Waals surface area contributed by atoms with E-state index in [1.54, 1.807) is 37.5 Å². The van der Waals surface area contributed by atoms with Gasteiger partial charge in [-0.15, -0.1) is 0 Å². The summed E-state index contributed by atoms with van der Waals surface area (Å²) in [6.07, 6.45) is 1.56. The van der Waals surface area contributed by atoms with E-state index in [1.807, 2.05) is 6.07 Å². The van der Waals surface area contributed by atoms with Crippen molar-refractivity contribution in [3.63, 3.8) is 0 Å². The third kappa shape index (κ3) is 3.87.